The summed E-state index contributed by atoms with van der Waals surface area (Å²) in [7, 11) is 3.11. The van der Waals surface area contributed by atoms with Crippen molar-refractivity contribution in [1.29, 1.82) is 0 Å². The van der Waals surface area contributed by atoms with Crippen molar-refractivity contribution in [3.8, 4) is 11.5 Å². The second-order valence-electron chi connectivity index (χ2n) is 4.94. The Kier molecular flexibility index (Phi) is 5.08. The van der Waals surface area contributed by atoms with Gasteiger partial charge in [-0.05, 0) is 55.3 Å². The number of carbonyl (C=O) groups excluding carboxylic acids is 1. The van der Waals surface area contributed by atoms with E-state index < -0.39 is 0 Å². The third-order valence-corrected chi connectivity index (χ3v) is 3.84. The fourth-order valence-corrected chi connectivity index (χ4v) is 2.96. The van der Waals surface area contributed by atoms with Crippen LogP contribution in [0.15, 0.2) is 34.8 Å². The molecule has 1 N–H and O–H groups in total. The molecule has 2 aromatic rings. The van der Waals surface area contributed by atoms with E-state index >= 15 is 0 Å². The number of rotatable bonds is 4. The molecule has 0 unspecified atom stereocenters. The van der Waals surface area contributed by atoms with Crippen molar-refractivity contribution in [1.82, 2.24) is 0 Å². The van der Waals surface area contributed by atoms with Gasteiger partial charge in [0.25, 0.3) is 5.91 Å². The highest BCUT2D eigenvalue weighted by molar-refractivity contribution is 9.10. The van der Waals surface area contributed by atoms with E-state index in [2.05, 4.69) is 21.2 Å². The van der Waals surface area contributed by atoms with Crippen molar-refractivity contribution in [2.45, 2.75) is 13.8 Å². The van der Waals surface area contributed by atoms with Gasteiger partial charge in [0.15, 0.2) is 11.5 Å². The van der Waals surface area contributed by atoms with Gasteiger partial charge in [-0.2, -0.15) is 0 Å². The Hall–Kier alpha value is -2.01. The largest absolute Gasteiger partial charge is 0.493 e. The van der Waals surface area contributed by atoms with Gasteiger partial charge in [-0.1, -0.05) is 15.9 Å². The van der Waals surface area contributed by atoms with Crippen LogP contribution in [0, 0.1) is 13.8 Å². The minimum absolute atomic E-state index is 0.186. The molecule has 1 amide bonds. The molecule has 0 saturated heterocycles. The third kappa shape index (κ3) is 3.42. The van der Waals surface area contributed by atoms with E-state index in [1.807, 2.05) is 26.0 Å². The predicted octanol–water partition coefficient (Wildman–Crippen LogP) is 4.34. The molecular weight excluding hydrogens is 346 g/mol. The zero-order valence-corrected chi connectivity index (χ0v) is 14.6. The maximum absolute atomic E-state index is 12.5. The quantitative estimate of drug-likeness (QED) is 0.878. The van der Waals surface area contributed by atoms with Crippen LogP contribution in [0.2, 0.25) is 0 Å². The monoisotopic (exact) mass is 363 g/mol. The van der Waals surface area contributed by atoms with Crippen LogP contribution in [0.4, 0.5) is 5.69 Å². The van der Waals surface area contributed by atoms with Gasteiger partial charge in [0.05, 0.1) is 14.2 Å². The molecule has 0 bridgehead atoms. The molecular formula is C17H18BrNO3. The Balaban J connectivity index is 2.30. The first-order valence-corrected chi connectivity index (χ1v) is 7.55. The maximum atomic E-state index is 12.5. The van der Waals surface area contributed by atoms with Gasteiger partial charge in [-0.25, -0.2) is 0 Å². The first-order chi connectivity index (χ1) is 10.5. The Morgan fingerprint density at radius 1 is 1.00 bits per heavy atom. The molecule has 0 aliphatic carbocycles. The number of aryl methyl sites for hydroxylation is 2. The summed E-state index contributed by atoms with van der Waals surface area (Å²) in [5.41, 5.74) is 3.34. The molecule has 0 spiro atoms. The minimum atomic E-state index is -0.186. The fraction of sp³-hybridized carbons (Fsp3) is 0.235. The summed E-state index contributed by atoms with van der Waals surface area (Å²) >= 11 is 3.45. The highest BCUT2D eigenvalue weighted by atomic mass is 79.9. The number of carbonyl (C=O) groups is 1. The summed E-state index contributed by atoms with van der Waals surface area (Å²) in [6.45, 7) is 3.92. The molecule has 5 heteroatoms. The number of amides is 1. The normalized spacial score (nSPS) is 10.2. The smallest absolute Gasteiger partial charge is 0.255 e. The van der Waals surface area contributed by atoms with Gasteiger partial charge in [0.1, 0.15) is 0 Å². The van der Waals surface area contributed by atoms with Crippen LogP contribution in [0.3, 0.4) is 0 Å². The molecule has 2 rings (SSSR count). The SMILES string of the molecule is COc1ccc(C(=O)Nc2c(C)cc(Br)cc2C)cc1OC. The van der Waals surface area contributed by atoms with Gasteiger partial charge in [0.2, 0.25) is 0 Å². The maximum Gasteiger partial charge on any atom is 0.255 e. The van der Waals surface area contributed by atoms with E-state index in [0.717, 1.165) is 21.3 Å². The molecule has 0 fully saturated rings. The lowest BCUT2D eigenvalue weighted by Gasteiger charge is -2.13. The lowest BCUT2D eigenvalue weighted by atomic mass is 10.1. The number of nitrogens with one attached hydrogen (secondary N) is 1. The molecule has 0 aromatic heterocycles. The average Bonchev–Trinajstić information content (AvgIpc) is 2.49. The summed E-state index contributed by atoms with van der Waals surface area (Å²) in [6.07, 6.45) is 0. The molecule has 0 radical (unpaired) electrons. The zero-order chi connectivity index (χ0) is 16.3. The third-order valence-electron chi connectivity index (χ3n) is 3.38. The summed E-state index contributed by atoms with van der Waals surface area (Å²) in [4.78, 5) is 12.5. The standard InChI is InChI=1S/C17H18BrNO3/c1-10-7-13(18)8-11(2)16(10)19-17(20)12-5-6-14(21-3)15(9-12)22-4/h5-9H,1-4H3,(H,19,20). The molecule has 116 valence electrons. The lowest BCUT2D eigenvalue weighted by molar-refractivity contribution is 0.102. The van der Waals surface area contributed by atoms with Crippen molar-refractivity contribution in [2.24, 2.45) is 0 Å². The highest BCUT2D eigenvalue weighted by Crippen LogP contribution is 2.29. The topological polar surface area (TPSA) is 47.6 Å². The van der Waals surface area contributed by atoms with E-state index in [0.29, 0.717) is 17.1 Å². The number of benzene rings is 2. The fourth-order valence-electron chi connectivity index (χ4n) is 2.27. The Morgan fingerprint density at radius 3 is 2.14 bits per heavy atom. The van der Waals surface area contributed by atoms with Crippen LogP contribution in [0.5, 0.6) is 11.5 Å². The lowest BCUT2D eigenvalue weighted by Crippen LogP contribution is -2.14. The summed E-state index contributed by atoms with van der Waals surface area (Å²) in [5, 5.41) is 2.95. The summed E-state index contributed by atoms with van der Waals surface area (Å²) in [5.74, 6) is 0.934. The first kappa shape index (κ1) is 16.4. The van der Waals surface area contributed by atoms with E-state index in [4.69, 9.17) is 9.47 Å². The first-order valence-electron chi connectivity index (χ1n) is 6.76. The van der Waals surface area contributed by atoms with Crippen molar-refractivity contribution < 1.29 is 14.3 Å². The van der Waals surface area contributed by atoms with Gasteiger partial charge in [-0.3, -0.25) is 4.79 Å². The second-order valence-corrected chi connectivity index (χ2v) is 5.85. The van der Waals surface area contributed by atoms with Crippen molar-refractivity contribution >= 4 is 27.5 Å². The Labute approximate surface area is 138 Å². The minimum Gasteiger partial charge on any atom is -0.493 e. The number of hydrogen-bond donors (Lipinski definition) is 1. The number of ether oxygens (including phenoxy) is 2. The number of halogens is 1. The highest BCUT2D eigenvalue weighted by Gasteiger charge is 2.13. The van der Waals surface area contributed by atoms with Crippen molar-refractivity contribution in [3.05, 3.63) is 51.5 Å². The van der Waals surface area contributed by atoms with Crippen LogP contribution in [-0.2, 0) is 0 Å². The number of hydrogen-bond acceptors (Lipinski definition) is 3. The average molecular weight is 364 g/mol. The summed E-state index contributed by atoms with van der Waals surface area (Å²) < 4.78 is 11.4. The van der Waals surface area contributed by atoms with Gasteiger partial charge < -0.3 is 14.8 Å². The van der Waals surface area contributed by atoms with Gasteiger partial charge in [-0.15, -0.1) is 0 Å². The Morgan fingerprint density at radius 2 is 1.59 bits per heavy atom. The Bertz CT molecular complexity index is 690. The second kappa shape index (κ2) is 6.83. The number of methoxy groups -OCH3 is 2. The molecule has 0 saturated carbocycles. The number of anilines is 1. The molecule has 0 aliphatic heterocycles. The van der Waals surface area contributed by atoms with E-state index in [9.17, 15) is 4.79 Å². The van der Waals surface area contributed by atoms with Crippen LogP contribution in [-0.4, -0.2) is 20.1 Å². The van der Waals surface area contributed by atoms with Gasteiger partial charge in [0, 0.05) is 15.7 Å². The van der Waals surface area contributed by atoms with E-state index in [1.165, 1.54) is 0 Å². The molecule has 0 heterocycles. The van der Waals surface area contributed by atoms with E-state index in [1.54, 1.807) is 32.4 Å². The van der Waals surface area contributed by atoms with Gasteiger partial charge >= 0.3 is 0 Å². The predicted molar refractivity (Wildman–Crippen MR) is 91.1 cm³/mol. The molecule has 0 atom stereocenters. The van der Waals surface area contributed by atoms with Crippen molar-refractivity contribution in [3.63, 3.8) is 0 Å². The molecule has 4 nitrogen and oxygen atoms in total. The molecule has 22 heavy (non-hydrogen) atoms. The van der Waals surface area contributed by atoms with Crippen LogP contribution < -0.4 is 14.8 Å². The van der Waals surface area contributed by atoms with Crippen LogP contribution >= 0.6 is 15.9 Å². The van der Waals surface area contributed by atoms with Crippen LogP contribution in [0.1, 0.15) is 21.5 Å². The van der Waals surface area contributed by atoms with E-state index in [-0.39, 0.29) is 5.91 Å². The molecule has 0 aliphatic rings. The zero-order valence-electron chi connectivity index (χ0n) is 13.0. The summed E-state index contributed by atoms with van der Waals surface area (Å²) in [6, 6.07) is 9.03. The van der Waals surface area contributed by atoms with Crippen molar-refractivity contribution in [2.75, 3.05) is 19.5 Å². The van der Waals surface area contributed by atoms with Crippen LogP contribution in [0.25, 0.3) is 0 Å². The molecule has 2 aromatic carbocycles.